The van der Waals surface area contributed by atoms with Gasteiger partial charge in [0.25, 0.3) is 0 Å². The number of H-pyrrole nitrogens is 1. The zero-order valence-corrected chi connectivity index (χ0v) is 11.9. The molecular weight excluding hydrogens is 281 g/mol. The molecule has 0 amide bonds. The highest BCUT2D eigenvalue weighted by molar-refractivity contribution is 5.72. The molecule has 1 heterocycles. The van der Waals surface area contributed by atoms with Crippen LogP contribution in [0, 0.1) is 6.92 Å². The molecule has 21 heavy (non-hydrogen) atoms. The number of pyridine rings is 1. The fourth-order valence-electron chi connectivity index (χ4n) is 2.35. The van der Waals surface area contributed by atoms with E-state index in [-0.39, 0.29) is 11.2 Å². The highest BCUT2D eigenvalue weighted by atomic mass is 19.4. The maximum absolute atomic E-state index is 13.3. The van der Waals surface area contributed by atoms with Crippen LogP contribution < -0.4 is 10.5 Å². The molecule has 3 nitrogen and oxygen atoms in total. The van der Waals surface area contributed by atoms with Gasteiger partial charge in [-0.1, -0.05) is 0 Å². The Morgan fingerprint density at radius 1 is 1.10 bits per heavy atom. The molecule has 0 fully saturated rings. The number of benzene rings is 1. The predicted octanol–water partition coefficient (Wildman–Crippen LogP) is 3.44. The lowest BCUT2D eigenvalue weighted by Crippen LogP contribution is -2.18. The molecule has 1 N–H and O–H groups in total. The van der Waals surface area contributed by atoms with Gasteiger partial charge in [0.2, 0.25) is 5.56 Å². The molecule has 1 aromatic heterocycles. The summed E-state index contributed by atoms with van der Waals surface area (Å²) in [6.45, 7) is 1.64. The molecule has 0 unspecified atom stereocenters. The first kappa shape index (κ1) is 15.2. The van der Waals surface area contributed by atoms with Crippen molar-refractivity contribution in [3.63, 3.8) is 0 Å². The Kier molecular flexibility index (Phi) is 3.80. The van der Waals surface area contributed by atoms with Crippen molar-refractivity contribution in [2.75, 3.05) is 19.0 Å². The number of aromatic amines is 1. The van der Waals surface area contributed by atoms with Crippen LogP contribution in [0.15, 0.2) is 35.3 Å². The molecule has 1 aromatic carbocycles. The van der Waals surface area contributed by atoms with Gasteiger partial charge in [-0.05, 0) is 41.8 Å². The topological polar surface area (TPSA) is 36.1 Å². The quantitative estimate of drug-likeness (QED) is 0.921. The van der Waals surface area contributed by atoms with E-state index >= 15 is 0 Å². The minimum Gasteiger partial charge on any atom is -0.377 e. The van der Waals surface area contributed by atoms with Crippen molar-refractivity contribution in [3.05, 3.63) is 51.9 Å². The Bertz CT molecular complexity index is 697. The van der Waals surface area contributed by atoms with Crippen LogP contribution in [-0.4, -0.2) is 19.1 Å². The number of halogens is 3. The van der Waals surface area contributed by atoms with Gasteiger partial charge in [-0.25, -0.2) is 0 Å². The highest BCUT2D eigenvalue weighted by Crippen LogP contribution is 2.40. The van der Waals surface area contributed by atoms with E-state index in [9.17, 15) is 18.0 Å². The molecule has 0 atom stereocenters. The molecule has 2 aromatic rings. The summed E-state index contributed by atoms with van der Waals surface area (Å²) in [6, 6.07) is 5.58. The fourth-order valence-corrected chi connectivity index (χ4v) is 2.35. The lowest BCUT2D eigenvalue weighted by atomic mass is 9.98. The first-order valence-electron chi connectivity index (χ1n) is 6.28. The Morgan fingerprint density at radius 3 is 2.24 bits per heavy atom. The van der Waals surface area contributed by atoms with Gasteiger partial charge in [-0.3, -0.25) is 4.79 Å². The number of nitrogens with one attached hydrogen (secondary N) is 1. The Morgan fingerprint density at radius 2 is 1.76 bits per heavy atom. The summed E-state index contributed by atoms with van der Waals surface area (Å²) in [5.41, 5.74) is 0.645. The molecule has 0 bridgehead atoms. The minimum atomic E-state index is -4.44. The number of aryl methyl sites for hydroxylation is 1. The predicted molar refractivity (Wildman–Crippen MR) is 76.6 cm³/mol. The van der Waals surface area contributed by atoms with E-state index < -0.39 is 11.7 Å². The summed E-state index contributed by atoms with van der Waals surface area (Å²) in [4.78, 5) is 15.0. The van der Waals surface area contributed by atoms with Crippen molar-refractivity contribution in [2.24, 2.45) is 0 Å². The Labute approximate surface area is 120 Å². The molecule has 112 valence electrons. The maximum Gasteiger partial charge on any atom is 0.418 e. The van der Waals surface area contributed by atoms with Crippen LogP contribution >= 0.6 is 0 Å². The fraction of sp³-hybridized carbons (Fsp3) is 0.267. The number of anilines is 1. The molecule has 2 rings (SSSR count). The van der Waals surface area contributed by atoms with Crippen LogP contribution in [0.3, 0.4) is 0 Å². The van der Waals surface area contributed by atoms with Gasteiger partial charge in [-0.15, -0.1) is 0 Å². The van der Waals surface area contributed by atoms with E-state index in [0.717, 1.165) is 6.07 Å². The summed E-state index contributed by atoms with van der Waals surface area (Å²) < 4.78 is 39.8. The number of nitrogens with zero attached hydrogens (tertiary/aromatic N) is 1. The van der Waals surface area contributed by atoms with E-state index in [0.29, 0.717) is 16.7 Å². The molecule has 0 saturated carbocycles. The zero-order valence-electron chi connectivity index (χ0n) is 11.9. The minimum absolute atomic E-state index is 0.149. The van der Waals surface area contributed by atoms with Gasteiger partial charge in [0.15, 0.2) is 0 Å². The van der Waals surface area contributed by atoms with Crippen LogP contribution in [0.1, 0.15) is 11.1 Å². The number of hydrogen-bond acceptors (Lipinski definition) is 2. The molecular formula is C15H15F3N2O. The van der Waals surface area contributed by atoms with Crippen LogP contribution in [0.5, 0.6) is 0 Å². The summed E-state index contributed by atoms with van der Waals surface area (Å²) in [5, 5.41) is 0. The lowest BCUT2D eigenvalue weighted by Gasteiger charge is -2.23. The summed E-state index contributed by atoms with van der Waals surface area (Å²) in [7, 11) is 3.16. The van der Waals surface area contributed by atoms with Crippen molar-refractivity contribution in [1.29, 1.82) is 0 Å². The first-order chi connectivity index (χ1) is 9.70. The van der Waals surface area contributed by atoms with E-state index in [4.69, 9.17) is 0 Å². The average Bonchev–Trinajstić information content (AvgIpc) is 2.37. The maximum atomic E-state index is 13.3. The van der Waals surface area contributed by atoms with Gasteiger partial charge >= 0.3 is 6.18 Å². The molecule has 0 aliphatic rings. The third-order valence-corrected chi connectivity index (χ3v) is 3.17. The molecule has 0 radical (unpaired) electrons. The van der Waals surface area contributed by atoms with Gasteiger partial charge in [0, 0.05) is 26.4 Å². The first-order valence-corrected chi connectivity index (χ1v) is 6.28. The molecule has 6 heteroatoms. The summed E-state index contributed by atoms with van der Waals surface area (Å²) in [6.07, 6.45) is -3.03. The van der Waals surface area contributed by atoms with E-state index in [1.165, 1.54) is 23.2 Å². The van der Waals surface area contributed by atoms with Gasteiger partial charge in [0.05, 0.1) is 11.3 Å². The van der Waals surface area contributed by atoms with Crippen LogP contribution in [0.25, 0.3) is 11.1 Å². The molecule has 0 aliphatic carbocycles. The van der Waals surface area contributed by atoms with Crippen molar-refractivity contribution in [1.82, 2.24) is 4.98 Å². The number of rotatable bonds is 2. The average molecular weight is 296 g/mol. The monoisotopic (exact) mass is 296 g/mol. The van der Waals surface area contributed by atoms with Crippen molar-refractivity contribution < 1.29 is 13.2 Å². The third kappa shape index (κ3) is 3.09. The largest absolute Gasteiger partial charge is 0.418 e. The van der Waals surface area contributed by atoms with Crippen LogP contribution in [0.4, 0.5) is 18.9 Å². The van der Waals surface area contributed by atoms with Crippen LogP contribution in [0.2, 0.25) is 0 Å². The SMILES string of the molecule is Cc1cc(-c2ccc(=O)[nH]c2)cc(C(F)(F)F)c1N(C)C. The third-order valence-electron chi connectivity index (χ3n) is 3.17. The second-order valence-electron chi connectivity index (χ2n) is 5.02. The second kappa shape index (κ2) is 5.27. The van der Waals surface area contributed by atoms with Crippen molar-refractivity contribution >= 4 is 5.69 Å². The molecule has 0 saturated heterocycles. The van der Waals surface area contributed by atoms with Crippen LogP contribution in [-0.2, 0) is 6.18 Å². The van der Waals surface area contributed by atoms with Crippen molar-refractivity contribution in [3.8, 4) is 11.1 Å². The van der Waals surface area contributed by atoms with Gasteiger partial charge < -0.3 is 9.88 Å². The zero-order chi connectivity index (χ0) is 15.8. The highest BCUT2D eigenvalue weighted by Gasteiger charge is 2.35. The Hall–Kier alpha value is -2.24. The second-order valence-corrected chi connectivity index (χ2v) is 5.02. The summed E-state index contributed by atoms with van der Waals surface area (Å²) in [5.74, 6) is 0. The summed E-state index contributed by atoms with van der Waals surface area (Å²) >= 11 is 0. The standard InChI is InChI=1S/C15H15F3N2O/c1-9-6-11(10-4-5-13(21)19-8-10)7-12(15(16,17)18)14(9)20(2)3/h4-8H,1-3H3,(H,19,21). The number of alkyl halides is 3. The number of aromatic nitrogens is 1. The normalized spacial score (nSPS) is 11.5. The lowest BCUT2D eigenvalue weighted by molar-refractivity contribution is -0.137. The molecule has 0 aliphatic heterocycles. The van der Waals surface area contributed by atoms with Crippen molar-refractivity contribution in [2.45, 2.75) is 13.1 Å². The Balaban J connectivity index is 2.68. The number of hydrogen-bond donors (Lipinski definition) is 1. The smallest absolute Gasteiger partial charge is 0.377 e. The van der Waals surface area contributed by atoms with Gasteiger partial charge in [-0.2, -0.15) is 13.2 Å². The van der Waals surface area contributed by atoms with E-state index in [2.05, 4.69) is 4.98 Å². The molecule has 0 spiro atoms. The van der Waals surface area contributed by atoms with E-state index in [1.807, 2.05) is 0 Å². The van der Waals surface area contributed by atoms with Gasteiger partial charge in [0.1, 0.15) is 0 Å². The van der Waals surface area contributed by atoms with E-state index in [1.54, 1.807) is 27.1 Å².